The Labute approximate surface area is 109 Å². The second-order valence-electron chi connectivity index (χ2n) is 4.08. The average molecular weight is 260 g/mol. The predicted octanol–water partition coefficient (Wildman–Crippen LogP) is 1.99. The van der Waals surface area contributed by atoms with Gasteiger partial charge in [0.1, 0.15) is 0 Å². The molecule has 1 aromatic heterocycles. The first-order valence-electron chi connectivity index (χ1n) is 5.70. The zero-order valence-corrected chi connectivity index (χ0v) is 10.2. The van der Waals surface area contributed by atoms with Gasteiger partial charge < -0.3 is 19.6 Å². The summed E-state index contributed by atoms with van der Waals surface area (Å²) in [5, 5.41) is 9.43. The molecule has 0 aliphatic carbocycles. The van der Waals surface area contributed by atoms with Crippen LogP contribution in [-0.4, -0.2) is 29.9 Å². The SMILES string of the molecule is COC(=O)c1ccccc1N1COc2cc(O)[nH]c21. The highest BCUT2D eigenvalue weighted by Crippen LogP contribution is 2.41. The third-order valence-electron chi connectivity index (χ3n) is 2.97. The Bertz CT molecular complexity index is 635. The van der Waals surface area contributed by atoms with Crippen LogP contribution in [0.25, 0.3) is 0 Å². The Kier molecular flexibility index (Phi) is 2.56. The van der Waals surface area contributed by atoms with Gasteiger partial charge in [0.05, 0.1) is 18.4 Å². The van der Waals surface area contributed by atoms with Gasteiger partial charge in [-0.25, -0.2) is 4.79 Å². The molecule has 0 unspecified atom stereocenters. The van der Waals surface area contributed by atoms with Crippen LogP contribution >= 0.6 is 0 Å². The number of nitrogens with zero attached hydrogens (tertiary/aromatic N) is 1. The Morgan fingerprint density at radius 1 is 1.47 bits per heavy atom. The fourth-order valence-electron chi connectivity index (χ4n) is 2.10. The lowest BCUT2D eigenvalue weighted by Gasteiger charge is -2.18. The van der Waals surface area contributed by atoms with Gasteiger partial charge in [0.15, 0.2) is 24.2 Å². The molecule has 0 amide bonds. The van der Waals surface area contributed by atoms with Gasteiger partial charge >= 0.3 is 5.97 Å². The first-order chi connectivity index (χ1) is 9.20. The molecule has 0 spiro atoms. The second-order valence-corrected chi connectivity index (χ2v) is 4.08. The summed E-state index contributed by atoms with van der Waals surface area (Å²) in [5.74, 6) is 0.774. The molecule has 0 atom stereocenters. The van der Waals surface area contributed by atoms with Crippen LogP contribution in [0.15, 0.2) is 30.3 Å². The molecule has 1 aromatic carbocycles. The number of aromatic nitrogens is 1. The smallest absolute Gasteiger partial charge is 0.339 e. The Morgan fingerprint density at radius 2 is 2.26 bits per heavy atom. The van der Waals surface area contributed by atoms with Gasteiger partial charge in [-0.3, -0.25) is 4.90 Å². The highest BCUT2D eigenvalue weighted by molar-refractivity contribution is 5.97. The topological polar surface area (TPSA) is 74.8 Å². The summed E-state index contributed by atoms with van der Waals surface area (Å²) in [5.41, 5.74) is 1.10. The fourth-order valence-corrected chi connectivity index (χ4v) is 2.10. The van der Waals surface area contributed by atoms with E-state index in [0.29, 0.717) is 22.8 Å². The number of anilines is 2. The lowest BCUT2D eigenvalue weighted by atomic mass is 10.1. The minimum Gasteiger partial charge on any atom is -0.494 e. The van der Waals surface area contributed by atoms with Crippen molar-refractivity contribution in [2.45, 2.75) is 0 Å². The van der Waals surface area contributed by atoms with E-state index in [1.54, 1.807) is 23.1 Å². The molecular weight excluding hydrogens is 248 g/mol. The minimum atomic E-state index is -0.417. The molecular formula is C13H12N2O4. The maximum Gasteiger partial charge on any atom is 0.339 e. The summed E-state index contributed by atoms with van der Waals surface area (Å²) in [6.07, 6.45) is 0. The third kappa shape index (κ3) is 1.77. The molecule has 19 heavy (non-hydrogen) atoms. The summed E-state index contributed by atoms with van der Waals surface area (Å²) < 4.78 is 10.2. The van der Waals surface area contributed by atoms with E-state index in [9.17, 15) is 9.90 Å². The van der Waals surface area contributed by atoms with E-state index in [0.717, 1.165) is 0 Å². The number of fused-ring (bicyclic) bond motifs is 1. The standard InChI is InChI=1S/C13H12N2O4/c1-18-13(17)8-4-2-3-5-9(8)15-7-19-10-6-11(16)14-12(10)15/h2-6,14,16H,7H2,1H3. The Balaban J connectivity index is 2.06. The number of methoxy groups -OCH3 is 1. The van der Waals surface area contributed by atoms with E-state index >= 15 is 0 Å². The monoisotopic (exact) mass is 260 g/mol. The normalized spacial score (nSPS) is 13.0. The zero-order chi connectivity index (χ0) is 13.4. The van der Waals surface area contributed by atoms with Crippen molar-refractivity contribution in [3.8, 4) is 11.6 Å². The van der Waals surface area contributed by atoms with Crippen molar-refractivity contribution in [3.63, 3.8) is 0 Å². The molecule has 1 aliphatic heterocycles. The quantitative estimate of drug-likeness (QED) is 0.808. The van der Waals surface area contributed by atoms with E-state index in [4.69, 9.17) is 9.47 Å². The number of ether oxygens (including phenoxy) is 2. The number of aromatic amines is 1. The summed E-state index contributed by atoms with van der Waals surface area (Å²) in [4.78, 5) is 16.3. The van der Waals surface area contributed by atoms with Gasteiger partial charge in [0.25, 0.3) is 0 Å². The molecule has 0 radical (unpaired) electrons. The molecule has 2 N–H and O–H groups in total. The Hall–Kier alpha value is -2.63. The van der Waals surface area contributed by atoms with Gasteiger partial charge in [-0.15, -0.1) is 0 Å². The molecule has 0 bridgehead atoms. The van der Waals surface area contributed by atoms with Crippen LogP contribution in [0.1, 0.15) is 10.4 Å². The third-order valence-corrected chi connectivity index (χ3v) is 2.97. The van der Waals surface area contributed by atoms with Gasteiger partial charge in [0, 0.05) is 6.07 Å². The number of esters is 1. The highest BCUT2D eigenvalue weighted by atomic mass is 16.5. The van der Waals surface area contributed by atoms with Crippen molar-refractivity contribution >= 4 is 17.5 Å². The lowest BCUT2D eigenvalue weighted by molar-refractivity contribution is 0.0601. The molecule has 0 saturated heterocycles. The van der Waals surface area contributed by atoms with Crippen molar-refractivity contribution in [1.82, 2.24) is 4.98 Å². The van der Waals surface area contributed by atoms with Crippen molar-refractivity contribution < 1.29 is 19.4 Å². The molecule has 0 fully saturated rings. The maximum atomic E-state index is 11.8. The highest BCUT2D eigenvalue weighted by Gasteiger charge is 2.28. The fraction of sp³-hybridized carbons (Fsp3) is 0.154. The van der Waals surface area contributed by atoms with Gasteiger partial charge in [-0.2, -0.15) is 0 Å². The van der Waals surface area contributed by atoms with Crippen molar-refractivity contribution in [2.24, 2.45) is 0 Å². The number of carbonyl (C=O) groups excluding carboxylic acids is 1. The number of benzene rings is 1. The molecule has 2 aromatic rings. The van der Waals surface area contributed by atoms with Crippen LogP contribution in [0.2, 0.25) is 0 Å². The summed E-state index contributed by atoms with van der Waals surface area (Å²) in [7, 11) is 1.34. The Morgan fingerprint density at radius 3 is 3.05 bits per heavy atom. The van der Waals surface area contributed by atoms with Gasteiger partial charge in [-0.1, -0.05) is 12.1 Å². The predicted molar refractivity (Wildman–Crippen MR) is 67.9 cm³/mol. The van der Waals surface area contributed by atoms with Crippen LogP contribution in [0, 0.1) is 0 Å². The largest absolute Gasteiger partial charge is 0.494 e. The number of aromatic hydroxyl groups is 1. The number of nitrogens with one attached hydrogen (secondary N) is 1. The van der Waals surface area contributed by atoms with Crippen molar-refractivity contribution in [3.05, 3.63) is 35.9 Å². The van der Waals surface area contributed by atoms with Crippen molar-refractivity contribution in [1.29, 1.82) is 0 Å². The summed E-state index contributed by atoms with van der Waals surface area (Å²) in [6.45, 7) is 0.273. The van der Waals surface area contributed by atoms with Crippen LogP contribution in [-0.2, 0) is 4.74 Å². The van der Waals surface area contributed by atoms with E-state index < -0.39 is 5.97 Å². The molecule has 6 heteroatoms. The van der Waals surface area contributed by atoms with E-state index in [-0.39, 0.29) is 12.6 Å². The number of para-hydroxylation sites is 1. The molecule has 2 heterocycles. The minimum absolute atomic E-state index is 0.0187. The summed E-state index contributed by atoms with van der Waals surface area (Å²) in [6, 6.07) is 8.56. The number of H-pyrrole nitrogens is 1. The van der Waals surface area contributed by atoms with Gasteiger partial charge in [-0.05, 0) is 12.1 Å². The average Bonchev–Trinajstić information content (AvgIpc) is 2.96. The maximum absolute atomic E-state index is 11.8. The number of rotatable bonds is 2. The van der Waals surface area contributed by atoms with Crippen LogP contribution in [0.5, 0.6) is 11.6 Å². The number of hydrogen-bond acceptors (Lipinski definition) is 5. The lowest BCUT2D eigenvalue weighted by Crippen LogP contribution is -2.19. The molecule has 1 aliphatic rings. The molecule has 0 saturated carbocycles. The molecule has 3 rings (SSSR count). The molecule has 6 nitrogen and oxygen atoms in total. The van der Waals surface area contributed by atoms with Crippen molar-refractivity contribution in [2.75, 3.05) is 18.7 Å². The van der Waals surface area contributed by atoms with Crippen LogP contribution in [0.3, 0.4) is 0 Å². The first kappa shape index (κ1) is 11.5. The zero-order valence-electron chi connectivity index (χ0n) is 10.2. The van der Waals surface area contributed by atoms with E-state index in [2.05, 4.69) is 4.98 Å². The van der Waals surface area contributed by atoms with Gasteiger partial charge in [0.2, 0.25) is 0 Å². The van der Waals surface area contributed by atoms with Crippen LogP contribution < -0.4 is 9.64 Å². The first-order valence-corrected chi connectivity index (χ1v) is 5.70. The van der Waals surface area contributed by atoms with E-state index in [1.807, 2.05) is 6.07 Å². The number of carbonyl (C=O) groups is 1. The second kappa shape index (κ2) is 4.24. The number of hydrogen-bond donors (Lipinski definition) is 2. The molecule has 98 valence electrons. The van der Waals surface area contributed by atoms with Crippen LogP contribution in [0.4, 0.5) is 11.5 Å². The van der Waals surface area contributed by atoms with E-state index in [1.165, 1.54) is 13.2 Å². The summed E-state index contributed by atoms with van der Waals surface area (Å²) >= 11 is 0.